The lowest BCUT2D eigenvalue weighted by Crippen LogP contribution is -2.32. The van der Waals surface area contributed by atoms with E-state index < -0.39 is 6.10 Å². The number of carbonyl (C=O) groups excluding carboxylic acids is 1. The van der Waals surface area contributed by atoms with Crippen LogP contribution in [0.5, 0.6) is 5.75 Å². The van der Waals surface area contributed by atoms with E-state index in [1.807, 2.05) is 31.2 Å². The third-order valence-electron chi connectivity index (χ3n) is 4.18. The first-order valence-electron chi connectivity index (χ1n) is 8.47. The van der Waals surface area contributed by atoms with Crippen molar-refractivity contribution in [1.29, 1.82) is 0 Å². The van der Waals surface area contributed by atoms with E-state index in [-0.39, 0.29) is 5.91 Å². The van der Waals surface area contributed by atoms with Crippen molar-refractivity contribution in [3.63, 3.8) is 0 Å². The second kappa shape index (κ2) is 9.12. The summed E-state index contributed by atoms with van der Waals surface area (Å²) in [5.41, 5.74) is 1.63. The maximum Gasteiger partial charge on any atom is 0.265 e. The molecular formula is C20H23Cl2NO2. The van der Waals surface area contributed by atoms with Crippen LogP contribution < -0.4 is 10.1 Å². The molecule has 0 spiro atoms. The lowest BCUT2D eigenvalue weighted by molar-refractivity contribution is -0.122. The summed E-state index contributed by atoms with van der Waals surface area (Å²) in [6, 6.07) is 12.8. The Morgan fingerprint density at radius 2 is 1.84 bits per heavy atom. The largest absolute Gasteiger partial charge is 0.480 e. The van der Waals surface area contributed by atoms with Gasteiger partial charge in [0.1, 0.15) is 5.75 Å². The average molecular weight is 380 g/mol. The van der Waals surface area contributed by atoms with E-state index in [0.717, 1.165) is 17.7 Å². The summed E-state index contributed by atoms with van der Waals surface area (Å²) in [4.78, 5) is 12.6. The third kappa shape index (κ3) is 5.13. The van der Waals surface area contributed by atoms with Crippen LogP contribution in [0.25, 0.3) is 0 Å². The Hall–Kier alpha value is -1.71. The molecule has 0 heterocycles. The summed E-state index contributed by atoms with van der Waals surface area (Å²) < 4.78 is 6.03. The van der Waals surface area contributed by atoms with Gasteiger partial charge in [-0.25, -0.2) is 0 Å². The highest BCUT2D eigenvalue weighted by Gasteiger charge is 2.21. The zero-order chi connectivity index (χ0) is 18.4. The van der Waals surface area contributed by atoms with Gasteiger partial charge in [-0.2, -0.15) is 0 Å². The number of halogens is 2. The van der Waals surface area contributed by atoms with E-state index in [0.29, 0.717) is 28.1 Å². The molecule has 2 rings (SSSR count). The first kappa shape index (κ1) is 19.6. The van der Waals surface area contributed by atoms with E-state index in [1.54, 1.807) is 18.2 Å². The Bertz CT molecular complexity index is 733. The minimum absolute atomic E-state index is 0.231. The Morgan fingerprint density at radius 3 is 2.48 bits per heavy atom. The molecule has 0 aliphatic heterocycles. The molecule has 0 saturated heterocycles. The van der Waals surface area contributed by atoms with Gasteiger partial charge < -0.3 is 10.1 Å². The van der Waals surface area contributed by atoms with Crippen molar-refractivity contribution < 1.29 is 9.53 Å². The highest BCUT2D eigenvalue weighted by Crippen LogP contribution is 2.30. The molecule has 0 radical (unpaired) electrons. The second-order valence-corrected chi connectivity index (χ2v) is 6.82. The summed E-state index contributed by atoms with van der Waals surface area (Å²) >= 11 is 12.0. The summed E-state index contributed by atoms with van der Waals surface area (Å²) in [5, 5.41) is 3.74. The highest BCUT2D eigenvalue weighted by molar-refractivity contribution is 6.36. The number of hydrogen-bond donors (Lipinski definition) is 1. The molecule has 2 atom stereocenters. The van der Waals surface area contributed by atoms with Crippen LogP contribution in [0.4, 0.5) is 5.69 Å². The fourth-order valence-corrected chi connectivity index (χ4v) is 2.95. The number of hydrogen-bond acceptors (Lipinski definition) is 2. The lowest BCUT2D eigenvalue weighted by Gasteiger charge is -2.21. The van der Waals surface area contributed by atoms with Crippen molar-refractivity contribution in [3.8, 4) is 5.75 Å². The Kier molecular flexibility index (Phi) is 7.15. The van der Waals surface area contributed by atoms with Gasteiger partial charge in [0.25, 0.3) is 5.91 Å². The predicted octanol–water partition coefficient (Wildman–Crippen LogP) is 6.30. The standard InChI is InChI=1S/C20H23Cl2NO2/c1-4-13(3)15-8-6-7-9-19(15)25-18(5-2)20(24)23-17-11-10-14(21)12-16(17)22/h6-13,18H,4-5H2,1-3H3,(H,23,24). The first-order chi connectivity index (χ1) is 12.0. The van der Waals surface area contributed by atoms with Gasteiger partial charge in [-0.1, -0.05) is 62.2 Å². The topological polar surface area (TPSA) is 38.3 Å². The normalized spacial score (nSPS) is 13.2. The fourth-order valence-electron chi connectivity index (χ4n) is 2.49. The molecule has 25 heavy (non-hydrogen) atoms. The number of ether oxygens (including phenoxy) is 1. The predicted molar refractivity (Wildman–Crippen MR) is 105 cm³/mol. The van der Waals surface area contributed by atoms with Crippen LogP contribution in [0.3, 0.4) is 0 Å². The molecule has 2 unspecified atom stereocenters. The molecule has 2 aromatic rings. The Labute approximate surface area is 159 Å². The number of rotatable bonds is 7. The monoisotopic (exact) mass is 379 g/mol. The zero-order valence-corrected chi connectivity index (χ0v) is 16.2. The van der Waals surface area contributed by atoms with Gasteiger partial charge in [0.2, 0.25) is 0 Å². The van der Waals surface area contributed by atoms with Crippen molar-refractivity contribution in [3.05, 3.63) is 58.1 Å². The van der Waals surface area contributed by atoms with Crippen molar-refractivity contribution >= 4 is 34.8 Å². The summed E-state index contributed by atoms with van der Waals surface area (Å²) in [7, 11) is 0. The maximum absolute atomic E-state index is 12.6. The van der Waals surface area contributed by atoms with E-state index in [9.17, 15) is 4.79 Å². The quantitative estimate of drug-likeness (QED) is 0.612. The number of carbonyl (C=O) groups is 1. The van der Waals surface area contributed by atoms with Gasteiger partial charge in [0.05, 0.1) is 10.7 Å². The molecule has 0 aliphatic rings. The molecule has 0 aliphatic carbocycles. The van der Waals surface area contributed by atoms with Gasteiger partial charge in [-0.05, 0) is 48.6 Å². The molecule has 0 saturated carbocycles. The number of para-hydroxylation sites is 1. The molecule has 2 aromatic carbocycles. The van der Waals surface area contributed by atoms with Crippen LogP contribution in [-0.2, 0) is 4.79 Å². The fraction of sp³-hybridized carbons (Fsp3) is 0.350. The summed E-state index contributed by atoms with van der Waals surface area (Å²) in [6.07, 6.45) is 0.951. The second-order valence-electron chi connectivity index (χ2n) is 5.98. The summed E-state index contributed by atoms with van der Waals surface area (Å²) in [6.45, 7) is 6.20. The molecule has 0 aromatic heterocycles. The van der Waals surface area contributed by atoms with Crippen molar-refractivity contribution in [1.82, 2.24) is 0 Å². The summed E-state index contributed by atoms with van der Waals surface area (Å²) in [5.74, 6) is 0.884. The third-order valence-corrected chi connectivity index (χ3v) is 4.73. The number of nitrogens with one attached hydrogen (secondary N) is 1. The van der Waals surface area contributed by atoms with E-state index in [1.165, 1.54) is 0 Å². The van der Waals surface area contributed by atoms with Gasteiger partial charge in [-0.3, -0.25) is 4.79 Å². The molecule has 1 amide bonds. The van der Waals surface area contributed by atoms with E-state index in [4.69, 9.17) is 27.9 Å². The Morgan fingerprint density at radius 1 is 1.12 bits per heavy atom. The van der Waals surface area contributed by atoms with Crippen molar-refractivity contribution in [2.45, 2.75) is 45.6 Å². The molecule has 0 fully saturated rings. The number of anilines is 1. The zero-order valence-electron chi connectivity index (χ0n) is 14.7. The minimum Gasteiger partial charge on any atom is -0.480 e. The molecule has 3 nitrogen and oxygen atoms in total. The smallest absolute Gasteiger partial charge is 0.265 e. The molecular weight excluding hydrogens is 357 g/mol. The van der Waals surface area contributed by atoms with Gasteiger partial charge in [0.15, 0.2) is 6.10 Å². The maximum atomic E-state index is 12.6. The minimum atomic E-state index is -0.600. The van der Waals surface area contributed by atoms with Crippen LogP contribution in [0.2, 0.25) is 10.0 Å². The number of amides is 1. The molecule has 0 bridgehead atoms. The van der Waals surface area contributed by atoms with E-state index in [2.05, 4.69) is 19.2 Å². The van der Waals surface area contributed by atoms with Crippen LogP contribution in [0.1, 0.15) is 45.1 Å². The number of benzene rings is 2. The Balaban J connectivity index is 2.16. The van der Waals surface area contributed by atoms with Crippen LogP contribution >= 0.6 is 23.2 Å². The van der Waals surface area contributed by atoms with Crippen LogP contribution in [0.15, 0.2) is 42.5 Å². The van der Waals surface area contributed by atoms with Crippen LogP contribution in [0, 0.1) is 0 Å². The van der Waals surface area contributed by atoms with Gasteiger partial charge >= 0.3 is 0 Å². The van der Waals surface area contributed by atoms with Gasteiger partial charge in [-0.15, -0.1) is 0 Å². The van der Waals surface area contributed by atoms with Crippen LogP contribution in [-0.4, -0.2) is 12.0 Å². The van der Waals surface area contributed by atoms with Crippen molar-refractivity contribution in [2.75, 3.05) is 5.32 Å². The SMILES string of the molecule is CCC(Oc1ccccc1C(C)CC)C(=O)Nc1ccc(Cl)cc1Cl. The average Bonchev–Trinajstić information content (AvgIpc) is 2.61. The highest BCUT2D eigenvalue weighted by atomic mass is 35.5. The van der Waals surface area contributed by atoms with Crippen molar-refractivity contribution in [2.24, 2.45) is 0 Å². The first-order valence-corrected chi connectivity index (χ1v) is 9.23. The molecule has 5 heteroatoms. The van der Waals surface area contributed by atoms with E-state index >= 15 is 0 Å². The lowest BCUT2D eigenvalue weighted by atomic mass is 9.98. The molecule has 1 N–H and O–H groups in total. The van der Waals surface area contributed by atoms with Gasteiger partial charge in [0, 0.05) is 5.02 Å². The molecule has 134 valence electrons.